The van der Waals surface area contributed by atoms with Crippen molar-refractivity contribution in [3.63, 3.8) is 0 Å². The van der Waals surface area contributed by atoms with E-state index < -0.39 is 0 Å². The Kier molecular flexibility index (Phi) is 6.39. The van der Waals surface area contributed by atoms with Crippen LogP contribution in [0.1, 0.15) is 34.5 Å². The zero-order valence-electron chi connectivity index (χ0n) is 19.7. The predicted octanol–water partition coefficient (Wildman–Crippen LogP) is 4.87. The molecule has 0 fully saturated rings. The highest BCUT2D eigenvalue weighted by Crippen LogP contribution is 2.34. The first-order valence-electron chi connectivity index (χ1n) is 11.6. The lowest BCUT2D eigenvalue weighted by Gasteiger charge is -2.21. The third-order valence-corrected chi connectivity index (χ3v) is 5.97. The number of nitrogens with one attached hydrogen (secondary N) is 1. The van der Waals surface area contributed by atoms with Crippen LogP contribution in [-0.4, -0.2) is 36.0 Å². The van der Waals surface area contributed by atoms with Gasteiger partial charge in [-0.05, 0) is 42.3 Å². The van der Waals surface area contributed by atoms with Crippen molar-refractivity contribution in [3.05, 3.63) is 95.7 Å². The molecule has 4 aromatic rings. The molecular weight excluding hydrogens is 442 g/mol. The number of methoxy groups -OCH3 is 1. The van der Waals surface area contributed by atoms with Gasteiger partial charge in [0.25, 0.3) is 5.91 Å². The van der Waals surface area contributed by atoms with Gasteiger partial charge in [-0.15, -0.1) is 0 Å². The highest BCUT2D eigenvalue weighted by Gasteiger charge is 2.23. The maximum absolute atomic E-state index is 13.5. The molecule has 2 heterocycles. The van der Waals surface area contributed by atoms with Crippen molar-refractivity contribution < 1.29 is 19.0 Å². The maximum atomic E-state index is 13.5. The summed E-state index contributed by atoms with van der Waals surface area (Å²) in [6.07, 6.45) is 1.79. The molecule has 0 aliphatic carbocycles. The number of aromatic nitrogens is 2. The molecule has 1 atom stereocenters. The first-order chi connectivity index (χ1) is 17.1. The number of hydrogen-bond donors (Lipinski definition) is 1. The minimum Gasteiger partial charge on any atom is -0.496 e. The van der Waals surface area contributed by atoms with Crippen molar-refractivity contribution in [2.45, 2.75) is 19.5 Å². The zero-order chi connectivity index (χ0) is 24.2. The van der Waals surface area contributed by atoms with E-state index in [1.165, 1.54) is 0 Å². The molecule has 7 heteroatoms. The van der Waals surface area contributed by atoms with Gasteiger partial charge in [0, 0.05) is 11.8 Å². The van der Waals surface area contributed by atoms with Crippen LogP contribution < -0.4 is 19.5 Å². The van der Waals surface area contributed by atoms with Gasteiger partial charge in [0.05, 0.1) is 25.3 Å². The Morgan fingerprint density at radius 3 is 2.57 bits per heavy atom. The monoisotopic (exact) mass is 469 g/mol. The molecule has 0 spiro atoms. The van der Waals surface area contributed by atoms with E-state index in [4.69, 9.17) is 19.3 Å². The molecule has 1 N–H and O–H groups in total. The number of amides is 1. The molecule has 1 amide bonds. The van der Waals surface area contributed by atoms with Gasteiger partial charge in [-0.2, -0.15) is 5.10 Å². The van der Waals surface area contributed by atoms with Gasteiger partial charge in [-0.25, -0.2) is 0 Å². The molecule has 5 rings (SSSR count). The second kappa shape index (κ2) is 9.93. The maximum Gasteiger partial charge on any atom is 0.255 e. The first kappa shape index (κ1) is 22.5. The molecule has 0 saturated heterocycles. The molecule has 3 aromatic carbocycles. The number of para-hydroxylation sites is 1. The molecule has 7 nitrogen and oxygen atoms in total. The lowest BCUT2D eigenvalue weighted by atomic mass is 10.0. The van der Waals surface area contributed by atoms with E-state index in [0.717, 1.165) is 22.4 Å². The summed E-state index contributed by atoms with van der Waals surface area (Å²) in [6.45, 7) is 3.55. The Morgan fingerprint density at radius 2 is 1.77 bits per heavy atom. The SMILES string of the molecule is COc1ccccc1-c1nn(Cc2ccccc2)cc1C(=O)NC(C)c1ccc2c(c1)OCCO2. The molecule has 1 aliphatic rings. The zero-order valence-corrected chi connectivity index (χ0v) is 19.7. The highest BCUT2D eigenvalue weighted by atomic mass is 16.6. The molecule has 1 aliphatic heterocycles. The lowest BCUT2D eigenvalue weighted by Crippen LogP contribution is -2.27. The Bertz CT molecular complexity index is 1330. The van der Waals surface area contributed by atoms with Crippen LogP contribution in [0, 0.1) is 0 Å². The van der Waals surface area contributed by atoms with Crippen LogP contribution >= 0.6 is 0 Å². The van der Waals surface area contributed by atoms with Gasteiger partial charge in [0.1, 0.15) is 24.7 Å². The Hall–Kier alpha value is -4.26. The van der Waals surface area contributed by atoms with Gasteiger partial charge in [-0.1, -0.05) is 48.5 Å². The molecule has 178 valence electrons. The summed E-state index contributed by atoms with van der Waals surface area (Å²) in [7, 11) is 1.61. The molecule has 0 saturated carbocycles. The predicted molar refractivity (Wildman–Crippen MR) is 133 cm³/mol. The van der Waals surface area contributed by atoms with Crippen molar-refractivity contribution in [1.29, 1.82) is 0 Å². The highest BCUT2D eigenvalue weighted by molar-refractivity contribution is 6.00. The van der Waals surface area contributed by atoms with Crippen LogP contribution in [0.5, 0.6) is 17.2 Å². The Balaban J connectivity index is 1.45. The van der Waals surface area contributed by atoms with Gasteiger partial charge in [0.2, 0.25) is 0 Å². The molecule has 1 unspecified atom stereocenters. The molecular formula is C28H27N3O4. The third-order valence-electron chi connectivity index (χ3n) is 5.97. The van der Waals surface area contributed by atoms with Crippen LogP contribution in [0.3, 0.4) is 0 Å². The average Bonchev–Trinajstić information content (AvgIpc) is 3.32. The van der Waals surface area contributed by atoms with Crippen molar-refractivity contribution in [3.8, 4) is 28.5 Å². The topological polar surface area (TPSA) is 74.6 Å². The summed E-state index contributed by atoms with van der Waals surface area (Å²) in [5.74, 6) is 1.86. The summed E-state index contributed by atoms with van der Waals surface area (Å²) >= 11 is 0. The molecule has 1 aromatic heterocycles. The number of benzene rings is 3. The lowest BCUT2D eigenvalue weighted by molar-refractivity contribution is 0.0940. The van der Waals surface area contributed by atoms with Gasteiger partial charge < -0.3 is 19.5 Å². The number of nitrogens with zero attached hydrogens (tertiary/aromatic N) is 2. The van der Waals surface area contributed by atoms with E-state index in [1.54, 1.807) is 18.0 Å². The number of fused-ring (bicyclic) bond motifs is 1. The van der Waals surface area contributed by atoms with E-state index in [2.05, 4.69) is 5.32 Å². The van der Waals surface area contributed by atoms with E-state index in [-0.39, 0.29) is 11.9 Å². The number of rotatable bonds is 7. The van der Waals surface area contributed by atoms with E-state index >= 15 is 0 Å². The molecule has 35 heavy (non-hydrogen) atoms. The minimum absolute atomic E-state index is 0.215. The van der Waals surface area contributed by atoms with E-state index in [9.17, 15) is 4.79 Å². The van der Waals surface area contributed by atoms with Crippen LogP contribution in [0.4, 0.5) is 0 Å². The first-order valence-corrected chi connectivity index (χ1v) is 11.6. The standard InChI is InChI=1S/C28H27N3O4/c1-19(21-12-13-25-26(16-21)35-15-14-34-25)29-28(32)23-18-31(17-20-8-4-3-5-9-20)30-27(23)22-10-6-7-11-24(22)33-2/h3-13,16,18-19H,14-15,17H2,1-2H3,(H,29,32). The van der Waals surface area contributed by atoms with Crippen molar-refractivity contribution >= 4 is 5.91 Å². The number of carbonyl (C=O) groups excluding carboxylic acids is 1. The number of carbonyl (C=O) groups is 1. The Labute approximate surface area is 204 Å². The number of ether oxygens (including phenoxy) is 3. The van der Waals surface area contributed by atoms with Crippen molar-refractivity contribution in [1.82, 2.24) is 15.1 Å². The van der Waals surface area contributed by atoms with Crippen LogP contribution in [0.25, 0.3) is 11.3 Å². The van der Waals surface area contributed by atoms with E-state index in [0.29, 0.717) is 42.5 Å². The quantitative estimate of drug-likeness (QED) is 0.418. The summed E-state index contributed by atoms with van der Waals surface area (Å²) in [6, 6.07) is 23.1. The summed E-state index contributed by atoms with van der Waals surface area (Å²) < 4.78 is 18.7. The largest absolute Gasteiger partial charge is 0.496 e. The van der Waals surface area contributed by atoms with Crippen molar-refractivity contribution in [2.24, 2.45) is 0 Å². The van der Waals surface area contributed by atoms with Gasteiger partial charge in [-0.3, -0.25) is 9.48 Å². The van der Waals surface area contributed by atoms with Crippen LogP contribution in [-0.2, 0) is 6.54 Å². The van der Waals surface area contributed by atoms with Crippen molar-refractivity contribution in [2.75, 3.05) is 20.3 Å². The fourth-order valence-electron chi connectivity index (χ4n) is 4.17. The third kappa shape index (κ3) is 4.84. The summed E-state index contributed by atoms with van der Waals surface area (Å²) in [5, 5.41) is 7.90. The fraction of sp³-hybridized carbons (Fsp3) is 0.214. The van der Waals surface area contributed by atoms with Gasteiger partial charge >= 0.3 is 0 Å². The smallest absolute Gasteiger partial charge is 0.255 e. The summed E-state index contributed by atoms with van der Waals surface area (Å²) in [5.41, 5.74) is 3.84. The molecule has 0 bridgehead atoms. The van der Waals surface area contributed by atoms with Gasteiger partial charge in [0.15, 0.2) is 11.5 Å². The second-order valence-electron chi connectivity index (χ2n) is 8.37. The average molecular weight is 470 g/mol. The summed E-state index contributed by atoms with van der Waals surface area (Å²) in [4.78, 5) is 13.5. The van der Waals surface area contributed by atoms with Crippen LogP contribution in [0.2, 0.25) is 0 Å². The minimum atomic E-state index is -0.249. The number of hydrogen-bond acceptors (Lipinski definition) is 5. The normalized spacial score (nSPS) is 13.2. The fourth-order valence-corrected chi connectivity index (χ4v) is 4.17. The van der Waals surface area contributed by atoms with E-state index in [1.807, 2.05) is 79.7 Å². The van der Waals surface area contributed by atoms with Crippen LogP contribution in [0.15, 0.2) is 79.0 Å². The second-order valence-corrected chi connectivity index (χ2v) is 8.37. The Morgan fingerprint density at radius 1 is 1.03 bits per heavy atom. The molecule has 0 radical (unpaired) electrons.